The zero-order valence-corrected chi connectivity index (χ0v) is 14.2. The van der Waals surface area contributed by atoms with Gasteiger partial charge in [-0.25, -0.2) is 0 Å². The normalized spacial score (nSPS) is 24.5. The summed E-state index contributed by atoms with van der Waals surface area (Å²) in [5.74, 6) is -1.94. The number of hydrogen-bond acceptors (Lipinski definition) is 5. The standard InChI is InChI=1S/C17H25NO5/c1-6-8-11(18-23-9-7-2)13-12(19)10-16(3,4)17(5,14(13)20)15(21)22/h7,20H,2,6,8-10H2,1,3-5H3,(H,21,22). The molecule has 0 saturated heterocycles. The minimum absolute atomic E-state index is 0.0133. The SMILES string of the molecule is C=CCON=C(CCC)C1=C(O)C(C)(C(=O)O)C(C)(C)CC1=O. The van der Waals surface area contributed by atoms with E-state index in [0.29, 0.717) is 12.8 Å². The lowest BCUT2D eigenvalue weighted by Crippen LogP contribution is -2.49. The van der Waals surface area contributed by atoms with E-state index in [9.17, 15) is 19.8 Å². The monoisotopic (exact) mass is 323 g/mol. The first kappa shape index (κ1) is 18.9. The third-order valence-corrected chi connectivity index (χ3v) is 4.52. The summed E-state index contributed by atoms with van der Waals surface area (Å²) in [7, 11) is 0. The summed E-state index contributed by atoms with van der Waals surface area (Å²) in [4.78, 5) is 29.4. The van der Waals surface area contributed by atoms with Crippen molar-refractivity contribution in [3.8, 4) is 0 Å². The predicted octanol–water partition coefficient (Wildman–Crippen LogP) is 3.25. The van der Waals surface area contributed by atoms with Crippen LogP contribution in [0, 0.1) is 10.8 Å². The number of ketones is 1. The van der Waals surface area contributed by atoms with Crippen molar-refractivity contribution in [2.75, 3.05) is 6.61 Å². The van der Waals surface area contributed by atoms with Crippen LogP contribution in [0.15, 0.2) is 29.1 Å². The molecule has 0 heterocycles. The Bertz CT molecular complexity index is 574. The van der Waals surface area contributed by atoms with Gasteiger partial charge in [0.05, 0.1) is 11.3 Å². The Hall–Kier alpha value is -2.11. The molecule has 1 aliphatic rings. The van der Waals surface area contributed by atoms with Crippen LogP contribution in [0.4, 0.5) is 0 Å². The van der Waals surface area contributed by atoms with Crippen LogP contribution < -0.4 is 0 Å². The fraction of sp³-hybridized carbons (Fsp3) is 0.588. The molecule has 6 nitrogen and oxygen atoms in total. The number of rotatable bonds is 7. The van der Waals surface area contributed by atoms with Crippen LogP contribution in [-0.4, -0.2) is 34.3 Å². The highest BCUT2D eigenvalue weighted by Gasteiger charge is 2.56. The molecule has 23 heavy (non-hydrogen) atoms. The molecule has 0 aliphatic heterocycles. The Morgan fingerprint density at radius 2 is 2.04 bits per heavy atom. The molecule has 0 amide bonds. The average Bonchev–Trinajstić information content (AvgIpc) is 2.44. The van der Waals surface area contributed by atoms with E-state index < -0.39 is 22.6 Å². The second-order valence-corrected chi connectivity index (χ2v) is 6.51. The molecule has 0 aromatic carbocycles. The van der Waals surface area contributed by atoms with E-state index in [-0.39, 0.29) is 30.1 Å². The van der Waals surface area contributed by atoms with Crippen LogP contribution in [0.1, 0.15) is 47.0 Å². The summed E-state index contributed by atoms with van der Waals surface area (Å²) in [6, 6.07) is 0. The minimum Gasteiger partial charge on any atom is -0.510 e. The maximum Gasteiger partial charge on any atom is 0.317 e. The number of hydrogen-bond donors (Lipinski definition) is 2. The van der Waals surface area contributed by atoms with Crippen LogP contribution >= 0.6 is 0 Å². The van der Waals surface area contributed by atoms with Gasteiger partial charge in [-0.2, -0.15) is 0 Å². The first-order valence-electron chi connectivity index (χ1n) is 7.63. The maximum atomic E-state index is 12.5. The number of aliphatic carboxylic acids is 1. The fourth-order valence-corrected chi connectivity index (χ4v) is 2.68. The van der Waals surface area contributed by atoms with Crippen molar-refractivity contribution in [2.45, 2.75) is 47.0 Å². The van der Waals surface area contributed by atoms with Crippen molar-refractivity contribution in [2.24, 2.45) is 16.0 Å². The second-order valence-electron chi connectivity index (χ2n) is 6.51. The molecule has 0 aromatic heterocycles. The van der Waals surface area contributed by atoms with E-state index in [1.54, 1.807) is 13.8 Å². The Labute approximate surface area is 136 Å². The molecule has 0 saturated carbocycles. The van der Waals surface area contributed by atoms with Crippen molar-refractivity contribution in [1.29, 1.82) is 0 Å². The zero-order valence-electron chi connectivity index (χ0n) is 14.2. The van der Waals surface area contributed by atoms with Crippen LogP contribution in [0.25, 0.3) is 0 Å². The Morgan fingerprint density at radius 1 is 1.43 bits per heavy atom. The average molecular weight is 323 g/mol. The van der Waals surface area contributed by atoms with Crippen molar-refractivity contribution in [3.63, 3.8) is 0 Å². The quantitative estimate of drug-likeness (QED) is 0.324. The summed E-state index contributed by atoms with van der Waals surface area (Å²) in [6.07, 6.45) is 2.60. The Morgan fingerprint density at radius 3 is 2.52 bits per heavy atom. The van der Waals surface area contributed by atoms with E-state index in [4.69, 9.17) is 4.84 Å². The number of aliphatic hydroxyl groups is 1. The number of allylic oxidation sites excluding steroid dienone is 1. The topological polar surface area (TPSA) is 96.2 Å². The summed E-state index contributed by atoms with van der Waals surface area (Å²) in [5, 5.41) is 24.2. The molecule has 0 fully saturated rings. The third kappa shape index (κ3) is 3.30. The van der Waals surface area contributed by atoms with Gasteiger partial charge in [0.25, 0.3) is 0 Å². The van der Waals surface area contributed by atoms with E-state index in [1.165, 1.54) is 13.0 Å². The molecule has 1 aliphatic carbocycles. The number of Topliss-reactive ketones (excluding diaryl/α,β-unsaturated/α-hetero) is 1. The molecule has 0 aromatic rings. The molecular formula is C17H25NO5. The first-order valence-corrected chi connectivity index (χ1v) is 7.63. The van der Waals surface area contributed by atoms with Gasteiger partial charge in [0.1, 0.15) is 17.8 Å². The molecule has 0 radical (unpaired) electrons. The lowest BCUT2D eigenvalue weighted by molar-refractivity contribution is -0.156. The lowest BCUT2D eigenvalue weighted by atomic mass is 9.58. The summed E-state index contributed by atoms with van der Waals surface area (Å²) in [5.41, 5.74) is -2.23. The van der Waals surface area contributed by atoms with Gasteiger partial charge in [-0.1, -0.05) is 45.0 Å². The van der Waals surface area contributed by atoms with Gasteiger partial charge in [0.15, 0.2) is 5.78 Å². The third-order valence-electron chi connectivity index (χ3n) is 4.52. The predicted molar refractivity (Wildman–Crippen MR) is 87.3 cm³/mol. The van der Waals surface area contributed by atoms with Crippen molar-refractivity contribution in [3.05, 3.63) is 24.0 Å². The van der Waals surface area contributed by atoms with Crippen molar-refractivity contribution < 1.29 is 24.6 Å². The number of nitrogens with zero attached hydrogens (tertiary/aromatic N) is 1. The molecule has 0 bridgehead atoms. The van der Waals surface area contributed by atoms with Gasteiger partial charge < -0.3 is 15.1 Å². The number of oxime groups is 1. The first-order chi connectivity index (χ1) is 10.6. The van der Waals surface area contributed by atoms with Gasteiger partial charge in [-0.3, -0.25) is 9.59 Å². The highest BCUT2D eigenvalue weighted by molar-refractivity contribution is 6.24. The molecule has 1 rings (SSSR count). The fourth-order valence-electron chi connectivity index (χ4n) is 2.68. The molecular weight excluding hydrogens is 298 g/mol. The zero-order chi connectivity index (χ0) is 17.8. The number of carboxylic acid groups (broad SMARTS) is 1. The molecule has 2 N–H and O–H groups in total. The summed E-state index contributed by atoms with van der Waals surface area (Å²) >= 11 is 0. The van der Waals surface area contributed by atoms with E-state index in [0.717, 1.165) is 0 Å². The molecule has 0 spiro atoms. The lowest BCUT2D eigenvalue weighted by Gasteiger charge is -2.44. The van der Waals surface area contributed by atoms with Crippen LogP contribution in [0.2, 0.25) is 0 Å². The highest BCUT2D eigenvalue weighted by atomic mass is 16.6. The largest absolute Gasteiger partial charge is 0.510 e. The number of carbonyl (C=O) groups excluding carboxylic acids is 1. The Kier molecular flexibility index (Phi) is 5.75. The van der Waals surface area contributed by atoms with E-state index in [2.05, 4.69) is 11.7 Å². The second kappa shape index (κ2) is 6.98. The maximum absolute atomic E-state index is 12.5. The van der Waals surface area contributed by atoms with Crippen molar-refractivity contribution in [1.82, 2.24) is 0 Å². The smallest absolute Gasteiger partial charge is 0.317 e. The van der Waals surface area contributed by atoms with Crippen molar-refractivity contribution >= 4 is 17.5 Å². The number of aliphatic hydroxyl groups excluding tert-OH is 1. The van der Waals surface area contributed by atoms with Gasteiger partial charge in [-0.05, 0) is 18.8 Å². The van der Waals surface area contributed by atoms with Gasteiger partial charge >= 0.3 is 5.97 Å². The van der Waals surface area contributed by atoms with Gasteiger partial charge in [0.2, 0.25) is 0 Å². The summed E-state index contributed by atoms with van der Waals surface area (Å²) in [6.45, 7) is 10.3. The van der Waals surface area contributed by atoms with Crippen LogP contribution in [0.3, 0.4) is 0 Å². The molecule has 6 heteroatoms. The van der Waals surface area contributed by atoms with Gasteiger partial charge in [-0.15, -0.1) is 0 Å². The van der Waals surface area contributed by atoms with Crippen LogP contribution in [-0.2, 0) is 14.4 Å². The van der Waals surface area contributed by atoms with Gasteiger partial charge in [0, 0.05) is 6.42 Å². The highest BCUT2D eigenvalue weighted by Crippen LogP contribution is 2.51. The molecule has 128 valence electrons. The number of carboxylic acids is 1. The van der Waals surface area contributed by atoms with E-state index in [1.807, 2.05) is 6.92 Å². The molecule has 1 atom stereocenters. The molecule has 1 unspecified atom stereocenters. The summed E-state index contributed by atoms with van der Waals surface area (Å²) < 4.78 is 0. The Balaban J connectivity index is 3.50. The minimum atomic E-state index is -1.57. The van der Waals surface area contributed by atoms with E-state index >= 15 is 0 Å². The number of carbonyl (C=O) groups is 2. The van der Waals surface area contributed by atoms with Crippen LogP contribution in [0.5, 0.6) is 0 Å².